The van der Waals surface area contributed by atoms with Crippen LogP contribution in [0.1, 0.15) is 68.3 Å². The first-order valence-electron chi connectivity index (χ1n) is 12.0. The molecule has 1 saturated heterocycles. The van der Waals surface area contributed by atoms with E-state index in [1.165, 1.54) is 18.4 Å². The maximum Gasteiger partial charge on any atom is 0.321 e. The smallest absolute Gasteiger partial charge is 0.321 e. The van der Waals surface area contributed by atoms with E-state index in [0.717, 1.165) is 32.4 Å². The number of amides is 3. The molecule has 0 saturated carbocycles. The van der Waals surface area contributed by atoms with Gasteiger partial charge in [0.05, 0.1) is 0 Å². The monoisotopic (exact) mass is 449 g/mol. The Kier molecular flexibility index (Phi) is 9.04. The van der Waals surface area contributed by atoms with Crippen LogP contribution in [0.3, 0.4) is 0 Å². The number of rotatable bonds is 8. The van der Waals surface area contributed by atoms with E-state index < -0.39 is 0 Å². The van der Waals surface area contributed by atoms with Gasteiger partial charge in [-0.15, -0.1) is 0 Å². The Balaban J connectivity index is 1.43. The van der Waals surface area contributed by atoms with E-state index in [1.54, 1.807) is 24.3 Å². The summed E-state index contributed by atoms with van der Waals surface area (Å²) in [5.74, 6) is 0.328. The predicted molar refractivity (Wildman–Crippen MR) is 133 cm³/mol. The fourth-order valence-electron chi connectivity index (χ4n) is 4.01. The average molecular weight is 450 g/mol. The van der Waals surface area contributed by atoms with E-state index >= 15 is 0 Å². The molecule has 3 amide bonds. The zero-order chi connectivity index (χ0) is 23.6. The topological polar surface area (TPSA) is 78.5 Å². The molecule has 0 bridgehead atoms. The molecule has 33 heavy (non-hydrogen) atoms. The molecule has 2 aromatic carbocycles. The van der Waals surface area contributed by atoms with Crippen LogP contribution in [0.2, 0.25) is 0 Å². The normalized spacial score (nSPS) is 14.0. The highest BCUT2D eigenvalue weighted by molar-refractivity contribution is 6.00. The first-order valence-corrected chi connectivity index (χ1v) is 12.0. The SMILES string of the molecule is CC(C)Cc1ccc(C(=O)CCC(=O)Nc2ccc(NC(=O)N3CCCCCC3)cc2)cc1. The van der Waals surface area contributed by atoms with Gasteiger partial charge in [-0.05, 0) is 55.0 Å². The van der Waals surface area contributed by atoms with Gasteiger partial charge >= 0.3 is 6.03 Å². The average Bonchev–Trinajstić information content (AvgIpc) is 3.09. The first-order chi connectivity index (χ1) is 15.9. The van der Waals surface area contributed by atoms with Crippen LogP contribution in [0, 0.1) is 5.92 Å². The van der Waals surface area contributed by atoms with Crippen molar-refractivity contribution in [2.24, 2.45) is 5.92 Å². The lowest BCUT2D eigenvalue weighted by Gasteiger charge is -2.20. The second-order valence-electron chi connectivity index (χ2n) is 9.18. The van der Waals surface area contributed by atoms with E-state index in [-0.39, 0.29) is 30.6 Å². The zero-order valence-electron chi connectivity index (χ0n) is 19.7. The van der Waals surface area contributed by atoms with Crippen molar-refractivity contribution >= 4 is 29.1 Å². The molecule has 6 heteroatoms. The Morgan fingerprint density at radius 3 is 1.94 bits per heavy atom. The molecule has 0 radical (unpaired) electrons. The molecular formula is C27H35N3O3. The summed E-state index contributed by atoms with van der Waals surface area (Å²) in [5, 5.41) is 5.74. The van der Waals surface area contributed by atoms with Gasteiger partial charge in [0.25, 0.3) is 0 Å². The summed E-state index contributed by atoms with van der Waals surface area (Å²) in [7, 11) is 0. The third-order valence-electron chi connectivity index (χ3n) is 5.81. The summed E-state index contributed by atoms with van der Waals surface area (Å²) < 4.78 is 0. The van der Waals surface area contributed by atoms with Crippen LogP contribution >= 0.6 is 0 Å². The van der Waals surface area contributed by atoms with E-state index in [4.69, 9.17) is 0 Å². The molecule has 6 nitrogen and oxygen atoms in total. The molecule has 0 aliphatic carbocycles. The van der Waals surface area contributed by atoms with Crippen molar-refractivity contribution < 1.29 is 14.4 Å². The molecule has 1 fully saturated rings. The van der Waals surface area contributed by atoms with Crippen molar-refractivity contribution in [1.82, 2.24) is 4.90 Å². The lowest BCUT2D eigenvalue weighted by atomic mass is 9.99. The number of urea groups is 1. The number of nitrogens with zero attached hydrogens (tertiary/aromatic N) is 1. The maximum absolute atomic E-state index is 12.4. The molecule has 176 valence electrons. The standard InChI is InChI=1S/C27H35N3O3/c1-20(2)19-21-7-9-22(10-8-21)25(31)15-16-26(32)28-23-11-13-24(14-12-23)29-27(33)30-17-5-3-4-6-18-30/h7-14,20H,3-6,15-19H2,1-2H3,(H,28,32)(H,29,33). The van der Waals surface area contributed by atoms with E-state index in [0.29, 0.717) is 22.9 Å². The van der Waals surface area contributed by atoms with Crippen molar-refractivity contribution in [3.05, 3.63) is 59.7 Å². The van der Waals surface area contributed by atoms with E-state index in [9.17, 15) is 14.4 Å². The summed E-state index contributed by atoms with van der Waals surface area (Å²) in [6.07, 6.45) is 5.72. The summed E-state index contributed by atoms with van der Waals surface area (Å²) in [6.45, 7) is 5.91. The molecule has 0 spiro atoms. The van der Waals surface area contributed by atoms with Gasteiger partial charge in [0.1, 0.15) is 0 Å². The molecule has 0 aromatic heterocycles. The second kappa shape index (κ2) is 12.2. The summed E-state index contributed by atoms with van der Waals surface area (Å²) in [5.41, 5.74) is 3.18. The van der Waals surface area contributed by atoms with Gasteiger partial charge in [-0.3, -0.25) is 9.59 Å². The Hall–Kier alpha value is -3.15. The highest BCUT2D eigenvalue weighted by Crippen LogP contribution is 2.17. The van der Waals surface area contributed by atoms with Crippen LogP contribution in [0.25, 0.3) is 0 Å². The molecule has 1 aliphatic rings. The van der Waals surface area contributed by atoms with Gasteiger partial charge in [-0.2, -0.15) is 0 Å². The number of carbonyl (C=O) groups is 3. The Bertz CT molecular complexity index is 928. The fourth-order valence-corrected chi connectivity index (χ4v) is 4.01. The second-order valence-corrected chi connectivity index (χ2v) is 9.18. The number of ketones is 1. The quantitative estimate of drug-likeness (QED) is 0.493. The van der Waals surface area contributed by atoms with Crippen molar-refractivity contribution in [1.29, 1.82) is 0 Å². The highest BCUT2D eigenvalue weighted by atomic mass is 16.2. The zero-order valence-corrected chi connectivity index (χ0v) is 19.7. The Morgan fingerprint density at radius 1 is 0.788 bits per heavy atom. The van der Waals surface area contributed by atoms with Crippen molar-refractivity contribution in [2.45, 2.75) is 58.8 Å². The Labute approximate surface area is 196 Å². The molecule has 0 atom stereocenters. The largest absolute Gasteiger partial charge is 0.326 e. The number of nitrogens with one attached hydrogen (secondary N) is 2. The molecule has 1 heterocycles. The third kappa shape index (κ3) is 8.04. The van der Waals surface area contributed by atoms with Crippen LogP contribution in [0.5, 0.6) is 0 Å². The minimum Gasteiger partial charge on any atom is -0.326 e. The van der Waals surface area contributed by atoms with Gasteiger partial charge in [-0.25, -0.2) is 4.79 Å². The number of hydrogen-bond donors (Lipinski definition) is 2. The predicted octanol–water partition coefficient (Wildman–Crippen LogP) is 5.89. The van der Waals surface area contributed by atoms with Crippen LogP contribution < -0.4 is 10.6 Å². The number of anilines is 2. The van der Waals surface area contributed by atoms with Gasteiger partial charge < -0.3 is 15.5 Å². The number of carbonyl (C=O) groups excluding carboxylic acids is 3. The van der Waals surface area contributed by atoms with Gasteiger partial charge in [-0.1, -0.05) is 51.0 Å². The maximum atomic E-state index is 12.4. The Morgan fingerprint density at radius 2 is 1.36 bits per heavy atom. The lowest BCUT2D eigenvalue weighted by Crippen LogP contribution is -2.35. The van der Waals surface area contributed by atoms with Crippen molar-refractivity contribution in [2.75, 3.05) is 23.7 Å². The minimum atomic E-state index is -0.207. The van der Waals surface area contributed by atoms with Gasteiger partial charge in [0.2, 0.25) is 5.91 Å². The minimum absolute atomic E-state index is 0.0344. The van der Waals surface area contributed by atoms with Crippen LogP contribution in [0.4, 0.5) is 16.2 Å². The number of benzene rings is 2. The highest BCUT2D eigenvalue weighted by Gasteiger charge is 2.15. The number of likely N-dealkylation sites (tertiary alicyclic amines) is 1. The lowest BCUT2D eigenvalue weighted by molar-refractivity contribution is -0.116. The molecule has 3 rings (SSSR count). The third-order valence-corrected chi connectivity index (χ3v) is 5.81. The van der Waals surface area contributed by atoms with Crippen LogP contribution in [0.15, 0.2) is 48.5 Å². The summed E-state index contributed by atoms with van der Waals surface area (Å²) in [4.78, 5) is 39.0. The fraction of sp³-hybridized carbons (Fsp3) is 0.444. The van der Waals surface area contributed by atoms with Crippen LogP contribution in [-0.4, -0.2) is 35.7 Å². The van der Waals surface area contributed by atoms with Gasteiger partial charge in [0, 0.05) is 42.9 Å². The van der Waals surface area contributed by atoms with Crippen molar-refractivity contribution in [3.63, 3.8) is 0 Å². The van der Waals surface area contributed by atoms with Crippen molar-refractivity contribution in [3.8, 4) is 0 Å². The van der Waals surface area contributed by atoms with Crippen LogP contribution in [-0.2, 0) is 11.2 Å². The molecular weight excluding hydrogens is 414 g/mol. The molecule has 1 aliphatic heterocycles. The molecule has 0 unspecified atom stereocenters. The number of Topliss-reactive ketones (excluding diaryl/α,β-unsaturated/α-hetero) is 1. The number of hydrogen-bond acceptors (Lipinski definition) is 3. The molecule has 2 aromatic rings. The summed E-state index contributed by atoms with van der Waals surface area (Å²) >= 11 is 0. The molecule has 2 N–H and O–H groups in total. The summed E-state index contributed by atoms with van der Waals surface area (Å²) in [6, 6.07) is 14.6. The van der Waals surface area contributed by atoms with E-state index in [1.807, 2.05) is 29.2 Å². The van der Waals surface area contributed by atoms with E-state index in [2.05, 4.69) is 24.5 Å². The first kappa shape index (κ1) is 24.5. The van der Waals surface area contributed by atoms with Gasteiger partial charge in [0.15, 0.2) is 5.78 Å².